The molecule has 4 saturated carbocycles. The van der Waals surface area contributed by atoms with Gasteiger partial charge in [0.1, 0.15) is 0 Å². The molecule has 0 atom stereocenters. The van der Waals surface area contributed by atoms with Crippen molar-refractivity contribution >= 4 is 5.97 Å². The molecule has 0 aromatic carbocycles. The molecule has 0 N–H and O–H groups in total. The maximum atomic E-state index is 11.9. The van der Waals surface area contributed by atoms with Crippen LogP contribution < -0.4 is 0 Å². The summed E-state index contributed by atoms with van der Waals surface area (Å²) in [5.41, 5.74) is -0.355. The Morgan fingerprint density at radius 1 is 1.00 bits per heavy atom. The van der Waals surface area contributed by atoms with E-state index in [1.54, 1.807) is 0 Å². The highest BCUT2D eigenvalue weighted by molar-refractivity contribution is 5.75. The van der Waals surface area contributed by atoms with Gasteiger partial charge in [0.2, 0.25) is 0 Å². The molecule has 4 aliphatic rings. The zero-order chi connectivity index (χ0) is 12.9. The quantitative estimate of drug-likeness (QED) is 0.699. The number of esters is 1. The van der Waals surface area contributed by atoms with Gasteiger partial charge < -0.3 is 4.74 Å². The lowest BCUT2D eigenvalue weighted by Crippen LogP contribution is -2.47. The van der Waals surface area contributed by atoms with Crippen LogP contribution in [0.4, 0.5) is 0 Å². The van der Waals surface area contributed by atoms with E-state index < -0.39 is 0 Å². The van der Waals surface area contributed by atoms with Gasteiger partial charge in [0.15, 0.2) is 0 Å². The minimum Gasteiger partial charge on any atom is -0.465 e. The average molecular weight is 250 g/mol. The molecule has 0 unspecified atom stereocenters. The molecule has 0 aromatic heterocycles. The molecule has 4 bridgehead atoms. The first kappa shape index (κ1) is 12.5. The van der Waals surface area contributed by atoms with E-state index in [1.807, 2.05) is 20.8 Å². The monoisotopic (exact) mass is 250 g/mol. The van der Waals surface area contributed by atoms with Crippen molar-refractivity contribution in [1.29, 1.82) is 0 Å². The van der Waals surface area contributed by atoms with Gasteiger partial charge in [0.25, 0.3) is 0 Å². The molecule has 0 spiro atoms. The van der Waals surface area contributed by atoms with E-state index in [9.17, 15) is 4.79 Å². The molecule has 2 nitrogen and oxygen atoms in total. The fraction of sp³-hybridized carbons (Fsp3) is 0.938. The van der Waals surface area contributed by atoms with Gasteiger partial charge in [-0.15, -0.1) is 0 Å². The molecular formula is C16H26O2. The van der Waals surface area contributed by atoms with Crippen LogP contribution in [0.2, 0.25) is 0 Å². The number of hydrogen-bond acceptors (Lipinski definition) is 2. The standard InChI is InChI=1S/C16H26O2/c1-16(2,3)15(17)18-9-14-12-5-10-4-11(7-12)8-13(14)6-10/h10-14H,4-9H2,1-3H3. The largest absolute Gasteiger partial charge is 0.465 e. The van der Waals surface area contributed by atoms with Crippen LogP contribution in [0.3, 0.4) is 0 Å². The fourth-order valence-corrected chi connectivity index (χ4v) is 4.70. The summed E-state index contributed by atoms with van der Waals surface area (Å²) >= 11 is 0. The smallest absolute Gasteiger partial charge is 0.311 e. The van der Waals surface area contributed by atoms with Gasteiger partial charge in [-0.05, 0) is 82.5 Å². The molecule has 2 heteroatoms. The number of ether oxygens (including phenoxy) is 1. The molecule has 0 saturated heterocycles. The highest BCUT2D eigenvalue weighted by atomic mass is 16.5. The minimum atomic E-state index is -0.355. The second kappa shape index (κ2) is 4.25. The Hall–Kier alpha value is -0.530. The van der Waals surface area contributed by atoms with Crippen molar-refractivity contribution in [2.75, 3.05) is 6.61 Å². The molecular weight excluding hydrogens is 224 g/mol. The Balaban J connectivity index is 1.59. The molecule has 102 valence electrons. The van der Waals surface area contributed by atoms with Gasteiger partial charge in [-0.2, -0.15) is 0 Å². The first-order valence-electron chi connectivity index (χ1n) is 7.60. The molecule has 18 heavy (non-hydrogen) atoms. The van der Waals surface area contributed by atoms with Gasteiger partial charge in [-0.1, -0.05) is 0 Å². The summed E-state index contributed by atoms with van der Waals surface area (Å²) in [4.78, 5) is 11.9. The van der Waals surface area contributed by atoms with Crippen molar-refractivity contribution in [1.82, 2.24) is 0 Å². The molecule has 0 aliphatic heterocycles. The van der Waals surface area contributed by atoms with E-state index in [2.05, 4.69) is 0 Å². The van der Waals surface area contributed by atoms with Gasteiger partial charge in [0.05, 0.1) is 12.0 Å². The van der Waals surface area contributed by atoms with Crippen LogP contribution >= 0.6 is 0 Å². The molecule has 0 amide bonds. The van der Waals surface area contributed by atoms with E-state index >= 15 is 0 Å². The number of carbonyl (C=O) groups excluding carboxylic acids is 1. The maximum Gasteiger partial charge on any atom is 0.311 e. The predicted molar refractivity (Wildman–Crippen MR) is 70.9 cm³/mol. The third kappa shape index (κ3) is 2.19. The van der Waals surface area contributed by atoms with E-state index in [0.29, 0.717) is 12.5 Å². The zero-order valence-electron chi connectivity index (χ0n) is 11.9. The molecule has 4 rings (SSSR count). The van der Waals surface area contributed by atoms with Crippen molar-refractivity contribution in [3.8, 4) is 0 Å². The lowest BCUT2D eigenvalue weighted by atomic mass is 9.52. The third-order valence-corrected chi connectivity index (χ3v) is 5.44. The van der Waals surface area contributed by atoms with E-state index in [-0.39, 0.29) is 11.4 Å². The lowest BCUT2D eigenvalue weighted by molar-refractivity contribution is -0.159. The Kier molecular flexibility index (Phi) is 2.95. The summed E-state index contributed by atoms with van der Waals surface area (Å²) < 4.78 is 5.59. The van der Waals surface area contributed by atoms with Crippen molar-refractivity contribution in [2.24, 2.45) is 35.0 Å². The topological polar surface area (TPSA) is 26.3 Å². The Morgan fingerprint density at radius 2 is 1.50 bits per heavy atom. The van der Waals surface area contributed by atoms with Gasteiger partial charge >= 0.3 is 5.97 Å². The molecule has 0 heterocycles. The van der Waals surface area contributed by atoms with Crippen LogP contribution in [-0.2, 0) is 9.53 Å². The van der Waals surface area contributed by atoms with E-state index in [1.165, 1.54) is 32.1 Å². The van der Waals surface area contributed by atoms with Gasteiger partial charge in [-0.25, -0.2) is 0 Å². The summed E-state index contributed by atoms with van der Waals surface area (Å²) in [6.07, 6.45) is 7.12. The molecule has 4 fully saturated rings. The summed E-state index contributed by atoms with van der Waals surface area (Å²) in [6, 6.07) is 0. The summed E-state index contributed by atoms with van der Waals surface area (Å²) in [6.45, 7) is 6.50. The normalized spacial score (nSPS) is 42.1. The SMILES string of the molecule is CC(C)(C)C(=O)OCC1C2CC3CC(C2)CC1C3. The summed E-state index contributed by atoms with van der Waals surface area (Å²) in [5, 5.41) is 0. The Bertz CT molecular complexity index is 311. The van der Waals surface area contributed by atoms with Crippen LogP contribution in [0, 0.1) is 35.0 Å². The second-order valence-electron chi connectivity index (χ2n) is 7.94. The Morgan fingerprint density at radius 3 is 1.94 bits per heavy atom. The molecule has 0 aromatic rings. The second-order valence-corrected chi connectivity index (χ2v) is 7.94. The predicted octanol–water partition coefficient (Wildman–Crippen LogP) is 3.65. The minimum absolute atomic E-state index is 0.0312. The Labute approximate surface area is 110 Å². The van der Waals surface area contributed by atoms with Crippen molar-refractivity contribution in [3.05, 3.63) is 0 Å². The third-order valence-electron chi connectivity index (χ3n) is 5.44. The number of rotatable bonds is 2. The van der Waals surface area contributed by atoms with Gasteiger partial charge in [-0.3, -0.25) is 4.79 Å². The van der Waals surface area contributed by atoms with E-state index in [4.69, 9.17) is 4.74 Å². The van der Waals surface area contributed by atoms with Gasteiger partial charge in [0, 0.05) is 0 Å². The lowest BCUT2D eigenvalue weighted by Gasteiger charge is -2.54. The van der Waals surface area contributed by atoms with Crippen LogP contribution in [0.5, 0.6) is 0 Å². The fourth-order valence-electron chi connectivity index (χ4n) is 4.70. The van der Waals surface area contributed by atoms with Crippen molar-refractivity contribution in [3.63, 3.8) is 0 Å². The zero-order valence-corrected chi connectivity index (χ0v) is 11.9. The summed E-state index contributed by atoms with van der Waals surface area (Å²) in [7, 11) is 0. The highest BCUT2D eigenvalue weighted by Gasteiger charge is 2.48. The van der Waals surface area contributed by atoms with Crippen LogP contribution in [0.1, 0.15) is 52.9 Å². The first-order chi connectivity index (χ1) is 8.43. The molecule has 0 radical (unpaired) electrons. The maximum absolute atomic E-state index is 11.9. The highest BCUT2D eigenvalue weighted by Crippen LogP contribution is 2.56. The van der Waals surface area contributed by atoms with Crippen LogP contribution in [-0.4, -0.2) is 12.6 Å². The van der Waals surface area contributed by atoms with Crippen molar-refractivity contribution < 1.29 is 9.53 Å². The van der Waals surface area contributed by atoms with Crippen LogP contribution in [0.25, 0.3) is 0 Å². The first-order valence-corrected chi connectivity index (χ1v) is 7.60. The van der Waals surface area contributed by atoms with Crippen LogP contribution in [0.15, 0.2) is 0 Å². The number of hydrogen-bond donors (Lipinski definition) is 0. The average Bonchev–Trinajstić information content (AvgIpc) is 2.25. The molecule has 4 aliphatic carbocycles. The van der Waals surface area contributed by atoms with E-state index in [0.717, 1.165) is 23.7 Å². The number of carbonyl (C=O) groups is 1. The van der Waals surface area contributed by atoms with Crippen molar-refractivity contribution in [2.45, 2.75) is 52.9 Å². The summed E-state index contributed by atoms with van der Waals surface area (Å²) in [5.74, 6) is 4.35.